The van der Waals surface area contributed by atoms with Gasteiger partial charge in [0.05, 0.1) is 22.3 Å². The van der Waals surface area contributed by atoms with Crippen molar-refractivity contribution in [3.05, 3.63) is 28.8 Å². The number of nitrogens with zero attached hydrogens (tertiary/aromatic N) is 2. The van der Waals surface area contributed by atoms with Crippen LogP contribution in [-0.2, 0) is 14.3 Å². The first kappa shape index (κ1) is 19.2. The van der Waals surface area contributed by atoms with Crippen molar-refractivity contribution in [1.29, 1.82) is 5.26 Å². The minimum atomic E-state index is -0.854. The molecule has 1 aromatic carbocycles. The predicted octanol–water partition coefficient (Wildman–Crippen LogP) is 2.58. The Balaban J connectivity index is 1.62. The van der Waals surface area contributed by atoms with Crippen LogP contribution < -0.4 is 10.2 Å². The standard InChI is InChI=1S/C19H20ClN3O4/c20-14-6-5-13(10-15(14)23-9-3-4-17(23)25)18(26)27-11-16(24)22-19(12-21)7-1-2-8-19/h5-6,10H,1-4,7-9,11H2,(H,22,24). The second-order valence-corrected chi connectivity index (χ2v) is 7.25. The van der Waals surface area contributed by atoms with Gasteiger partial charge in [0.2, 0.25) is 5.91 Å². The van der Waals surface area contributed by atoms with Crippen LogP contribution in [-0.4, -0.2) is 36.5 Å². The zero-order valence-electron chi connectivity index (χ0n) is 14.8. The highest BCUT2D eigenvalue weighted by Crippen LogP contribution is 2.31. The molecule has 1 saturated heterocycles. The number of hydrogen-bond donors (Lipinski definition) is 1. The summed E-state index contributed by atoms with van der Waals surface area (Å²) in [6.07, 6.45) is 4.17. The van der Waals surface area contributed by atoms with E-state index in [0.29, 0.717) is 36.5 Å². The van der Waals surface area contributed by atoms with Gasteiger partial charge in [0, 0.05) is 13.0 Å². The second-order valence-electron chi connectivity index (χ2n) is 6.84. The smallest absolute Gasteiger partial charge is 0.338 e. The molecular weight excluding hydrogens is 370 g/mol. The maximum absolute atomic E-state index is 12.3. The lowest BCUT2D eigenvalue weighted by Crippen LogP contribution is -2.46. The monoisotopic (exact) mass is 389 g/mol. The molecule has 142 valence electrons. The van der Waals surface area contributed by atoms with E-state index in [1.807, 2.05) is 0 Å². The minimum Gasteiger partial charge on any atom is -0.452 e. The van der Waals surface area contributed by atoms with Crippen molar-refractivity contribution in [2.45, 2.75) is 44.1 Å². The van der Waals surface area contributed by atoms with Crippen LogP contribution in [0.5, 0.6) is 0 Å². The van der Waals surface area contributed by atoms with E-state index in [9.17, 15) is 19.6 Å². The first-order valence-corrected chi connectivity index (χ1v) is 9.31. The summed E-state index contributed by atoms with van der Waals surface area (Å²) in [6.45, 7) is 0.0819. The molecule has 0 spiro atoms. The van der Waals surface area contributed by atoms with E-state index < -0.39 is 24.0 Å². The van der Waals surface area contributed by atoms with Crippen LogP contribution in [0.15, 0.2) is 18.2 Å². The minimum absolute atomic E-state index is 0.0415. The molecule has 1 aliphatic heterocycles. The van der Waals surface area contributed by atoms with Gasteiger partial charge in [-0.1, -0.05) is 11.6 Å². The summed E-state index contributed by atoms with van der Waals surface area (Å²) in [5.74, 6) is -1.23. The Morgan fingerprint density at radius 1 is 1.30 bits per heavy atom. The van der Waals surface area contributed by atoms with E-state index >= 15 is 0 Å². The summed E-state index contributed by atoms with van der Waals surface area (Å²) >= 11 is 6.16. The van der Waals surface area contributed by atoms with Gasteiger partial charge in [-0.15, -0.1) is 0 Å². The zero-order valence-corrected chi connectivity index (χ0v) is 15.6. The number of esters is 1. The number of rotatable bonds is 5. The molecule has 27 heavy (non-hydrogen) atoms. The molecule has 2 amide bonds. The Labute approximate surface area is 162 Å². The van der Waals surface area contributed by atoms with Crippen LogP contribution in [0.25, 0.3) is 0 Å². The molecule has 2 aliphatic rings. The van der Waals surface area contributed by atoms with Gasteiger partial charge in [0.1, 0.15) is 5.54 Å². The molecule has 1 heterocycles. The number of carbonyl (C=O) groups excluding carboxylic acids is 3. The quantitative estimate of drug-likeness (QED) is 0.780. The van der Waals surface area contributed by atoms with Crippen molar-refractivity contribution >= 4 is 35.1 Å². The molecule has 0 bridgehead atoms. The van der Waals surface area contributed by atoms with Gasteiger partial charge < -0.3 is 15.0 Å². The Morgan fingerprint density at radius 3 is 2.67 bits per heavy atom. The van der Waals surface area contributed by atoms with Crippen LogP contribution in [0.3, 0.4) is 0 Å². The van der Waals surface area contributed by atoms with Gasteiger partial charge in [-0.05, 0) is 50.3 Å². The summed E-state index contributed by atoms with van der Waals surface area (Å²) in [7, 11) is 0. The number of anilines is 1. The molecule has 0 radical (unpaired) electrons. The number of nitrogens with one attached hydrogen (secondary N) is 1. The molecule has 1 aliphatic carbocycles. The van der Waals surface area contributed by atoms with Crippen LogP contribution in [0.4, 0.5) is 5.69 Å². The summed E-state index contributed by atoms with van der Waals surface area (Å²) in [5, 5.41) is 12.3. The molecule has 1 aromatic rings. The molecule has 8 heteroatoms. The zero-order chi connectivity index (χ0) is 19.4. The Kier molecular flexibility index (Phi) is 5.66. The van der Waals surface area contributed by atoms with Crippen molar-refractivity contribution in [3.8, 4) is 6.07 Å². The third-order valence-electron chi connectivity index (χ3n) is 4.93. The first-order valence-electron chi connectivity index (χ1n) is 8.93. The highest BCUT2D eigenvalue weighted by Gasteiger charge is 2.35. The van der Waals surface area contributed by atoms with E-state index in [1.54, 1.807) is 4.90 Å². The van der Waals surface area contributed by atoms with Crippen LogP contribution in [0.2, 0.25) is 5.02 Å². The second kappa shape index (κ2) is 7.97. The number of benzene rings is 1. The van der Waals surface area contributed by atoms with E-state index in [1.165, 1.54) is 18.2 Å². The van der Waals surface area contributed by atoms with Crippen LogP contribution in [0, 0.1) is 11.3 Å². The number of nitriles is 1. The molecule has 7 nitrogen and oxygen atoms in total. The van der Waals surface area contributed by atoms with Crippen molar-refractivity contribution < 1.29 is 19.1 Å². The topological polar surface area (TPSA) is 99.5 Å². The summed E-state index contributed by atoms with van der Waals surface area (Å²) < 4.78 is 5.07. The van der Waals surface area contributed by atoms with Crippen molar-refractivity contribution in [1.82, 2.24) is 5.32 Å². The summed E-state index contributed by atoms with van der Waals surface area (Å²) in [6, 6.07) is 6.67. The van der Waals surface area contributed by atoms with E-state index in [2.05, 4.69) is 11.4 Å². The van der Waals surface area contributed by atoms with Crippen molar-refractivity contribution in [2.75, 3.05) is 18.1 Å². The number of halogens is 1. The third-order valence-corrected chi connectivity index (χ3v) is 5.25. The largest absolute Gasteiger partial charge is 0.452 e. The Morgan fingerprint density at radius 2 is 2.04 bits per heavy atom. The van der Waals surface area contributed by atoms with E-state index in [-0.39, 0.29) is 11.5 Å². The van der Waals surface area contributed by atoms with Crippen LogP contribution in [0.1, 0.15) is 48.9 Å². The maximum Gasteiger partial charge on any atom is 0.338 e. The molecule has 1 saturated carbocycles. The lowest BCUT2D eigenvalue weighted by atomic mass is 10.00. The van der Waals surface area contributed by atoms with Crippen LogP contribution >= 0.6 is 11.6 Å². The van der Waals surface area contributed by atoms with Crippen molar-refractivity contribution in [3.63, 3.8) is 0 Å². The van der Waals surface area contributed by atoms with Gasteiger partial charge in [-0.2, -0.15) is 5.26 Å². The van der Waals surface area contributed by atoms with Gasteiger partial charge in [-0.3, -0.25) is 9.59 Å². The summed E-state index contributed by atoms with van der Waals surface area (Å²) in [5.41, 5.74) is -0.183. The lowest BCUT2D eigenvalue weighted by molar-refractivity contribution is -0.125. The average Bonchev–Trinajstić information content (AvgIpc) is 3.29. The number of hydrogen-bond acceptors (Lipinski definition) is 5. The molecule has 0 atom stereocenters. The fourth-order valence-electron chi connectivity index (χ4n) is 3.51. The first-order chi connectivity index (χ1) is 12.9. The summed E-state index contributed by atoms with van der Waals surface area (Å²) in [4.78, 5) is 37.8. The normalized spacial score (nSPS) is 18.2. The SMILES string of the molecule is N#CC1(NC(=O)COC(=O)c2ccc(Cl)c(N3CCCC3=O)c2)CCCC1. The van der Waals surface area contributed by atoms with Gasteiger partial charge in [0.15, 0.2) is 6.61 Å². The fraction of sp³-hybridized carbons (Fsp3) is 0.474. The highest BCUT2D eigenvalue weighted by atomic mass is 35.5. The molecule has 1 N–H and O–H groups in total. The molecular formula is C19H20ClN3O4. The fourth-order valence-corrected chi connectivity index (χ4v) is 3.73. The Hall–Kier alpha value is -2.59. The van der Waals surface area contributed by atoms with E-state index in [0.717, 1.165) is 19.3 Å². The number of amides is 2. The number of ether oxygens (including phenoxy) is 1. The number of carbonyl (C=O) groups is 3. The lowest BCUT2D eigenvalue weighted by Gasteiger charge is -2.21. The third kappa shape index (κ3) is 4.22. The average molecular weight is 390 g/mol. The molecule has 3 rings (SSSR count). The van der Waals surface area contributed by atoms with Gasteiger partial charge >= 0.3 is 5.97 Å². The molecule has 2 fully saturated rings. The van der Waals surface area contributed by atoms with E-state index in [4.69, 9.17) is 16.3 Å². The van der Waals surface area contributed by atoms with Crippen molar-refractivity contribution in [2.24, 2.45) is 0 Å². The molecule has 0 aromatic heterocycles. The predicted molar refractivity (Wildman–Crippen MR) is 98.3 cm³/mol. The van der Waals surface area contributed by atoms with Gasteiger partial charge in [0.25, 0.3) is 5.91 Å². The molecule has 0 unspecified atom stereocenters. The Bertz CT molecular complexity index is 812. The van der Waals surface area contributed by atoms with Gasteiger partial charge in [-0.25, -0.2) is 4.79 Å². The maximum atomic E-state index is 12.3. The highest BCUT2D eigenvalue weighted by molar-refractivity contribution is 6.34.